The topological polar surface area (TPSA) is 78.9 Å². The molecular formula is C67H104O6. The second-order valence-corrected chi connectivity index (χ2v) is 18.4. The molecule has 0 radical (unpaired) electrons. The van der Waals surface area contributed by atoms with Gasteiger partial charge in [-0.25, -0.2) is 0 Å². The maximum absolute atomic E-state index is 12.9. The van der Waals surface area contributed by atoms with Crippen LogP contribution in [-0.4, -0.2) is 37.2 Å². The van der Waals surface area contributed by atoms with E-state index in [2.05, 4.69) is 179 Å². The lowest BCUT2D eigenvalue weighted by molar-refractivity contribution is -0.167. The van der Waals surface area contributed by atoms with Gasteiger partial charge in [0.2, 0.25) is 0 Å². The minimum atomic E-state index is -0.821. The molecule has 0 aromatic rings. The van der Waals surface area contributed by atoms with Crippen LogP contribution in [0.2, 0.25) is 0 Å². The van der Waals surface area contributed by atoms with Gasteiger partial charge in [0.1, 0.15) is 13.2 Å². The molecule has 0 aliphatic heterocycles. The largest absolute Gasteiger partial charge is 0.462 e. The summed E-state index contributed by atoms with van der Waals surface area (Å²) in [7, 11) is 0. The Morgan fingerprint density at radius 2 is 0.534 bits per heavy atom. The lowest BCUT2D eigenvalue weighted by Gasteiger charge is -2.18. The Morgan fingerprint density at radius 3 is 0.863 bits per heavy atom. The Kier molecular flexibility index (Phi) is 55.5. The van der Waals surface area contributed by atoms with Crippen LogP contribution in [0.3, 0.4) is 0 Å². The third-order valence-corrected chi connectivity index (χ3v) is 11.5. The smallest absolute Gasteiger partial charge is 0.306 e. The van der Waals surface area contributed by atoms with E-state index in [1.807, 2.05) is 0 Å². The molecule has 408 valence electrons. The van der Waals surface area contributed by atoms with Crippen molar-refractivity contribution in [2.75, 3.05) is 13.2 Å². The summed E-state index contributed by atoms with van der Waals surface area (Å²) in [6.45, 7) is 6.26. The van der Waals surface area contributed by atoms with Crippen molar-refractivity contribution in [2.24, 2.45) is 0 Å². The van der Waals surface area contributed by atoms with Crippen molar-refractivity contribution in [1.29, 1.82) is 0 Å². The van der Waals surface area contributed by atoms with Gasteiger partial charge in [-0.1, -0.05) is 224 Å². The molecule has 0 fully saturated rings. The Morgan fingerprint density at radius 1 is 0.288 bits per heavy atom. The molecule has 1 atom stereocenters. The Bertz CT molecular complexity index is 1670. The van der Waals surface area contributed by atoms with Crippen LogP contribution < -0.4 is 0 Å². The molecule has 1 unspecified atom stereocenters. The van der Waals surface area contributed by atoms with Crippen molar-refractivity contribution in [3.8, 4) is 0 Å². The normalized spacial score (nSPS) is 13.3. The van der Waals surface area contributed by atoms with E-state index in [0.29, 0.717) is 12.8 Å². The summed E-state index contributed by atoms with van der Waals surface area (Å²) >= 11 is 0. The zero-order valence-corrected chi connectivity index (χ0v) is 46.6. The van der Waals surface area contributed by atoms with Crippen LogP contribution in [0.5, 0.6) is 0 Å². The average Bonchev–Trinajstić information content (AvgIpc) is 3.39. The lowest BCUT2D eigenvalue weighted by atomic mass is 10.1. The second-order valence-electron chi connectivity index (χ2n) is 18.4. The van der Waals surface area contributed by atoms with E-state index >= 15 is 0 Å². The summed E-state index contributed by atoms with van der Waals surface area (Å²) in [5.41, 5.74) is 0. The van der Waals surface area contributed by atoms with Crippen LogP contribution in [0, 0.1) is 0 Å². The van der Waals surface area contributed by atoms with Crippen molar-refractivity contribution in [3.05, 3.63) is 158 Å². The highest BCUT2D eigenvalue weighted by Crippen LogP contribution is 2.13. The van der Waals surface area contributed by atoms with E-state index in [4.69, 9.17) is 14.2 Å². The summed E-state index contributed by atoms with van der Waals surface area (Å²) in [6, 6.07) is 0. The van der Waals surface area contributed by atoms with E-state index in [0.717, 1.165) is 173 Å². The highest BCUT2D eigenvalue weighted by molar-refractivity contribution is 5.71. The molecule has 0 aromatic heterocycles. The van der Waals surface area contributed by atoms with Crippen molar-refractivity contribution in [3.63, 3.8) is 0 Å². The summed E-state index contributed by atoms with van der Waals surface area (Å²) in [4.78, 5) is 38.2. The maximum Gasteiger partial charge on any atom is 0.306 e. The maximum atomic E-state index is 12.9. The zero-order chi connectivity index (χ0) is 52.9. The van der Waals surface area contributed by atoms with Crippen LogP contribution in [0.15, 0.2) is 158 Å². The van der Waals surface area contributed by atoms with Crippen molar-refractivity contribution < 1.29 is 28.6 Å². The average molecular weight is 1010 g/mol. The van der Waals surface area contributed by atoms with Gasteiger partial charge in [-0.05, 0) is 141 Å². The first kappa shape index (κ1) is 68.0. The summed E-state index contributed by atoms with van der Waals surface area (Å²) in [6.07, 6.45) is 86.6. The molecule has 0 saturated heterocycles. The molecule has 0 saturated carbocycles. The summed E-state index contributed by atoms with van der Waals surface area (Å²) < 4.78 is 16.8. The van der Waals surface area contributed by atoms with Gasteiger partial charge >= 0.3 is 17.9 Å². The minimum Gasteiger partial charge on any atom is -0.462 e. The molecule has 73 heavy (non-hydrogen) atoms. The second kappa shape index (κ2) is 59.6. The van der Waals surface area contributed by atoms with E-state index in [1.165, 1.54) is 6.42 Å². The van der Waals surface area contributed by atoms with Crippen molar-refractivity contribution in [2.45, 2.75) is 232 Å². The predicted molar refractivity (Wildman–Crippen MR) is 315 cm³/mol. The van der Waals surface area contributed by atoms with Crippen LogP contribution >= 0.6 is 0 Å². The van der Waals surface area contributed by atoms with Gasteiger partial charge in [0.05, 0.1) is 0 Å². The van der Waals surface area contributed by atoms with Gasteiger partial charge in [-0.15, -0.1) is 0 Å². The van der Waals surface area contributed by atoms with Gasteiger partial charge in [0.15, 0.2) is 6.10 Å². The van der Waals surface area contributed by atoms with Gasteiger partial charge in [-0.2, -0.15) is 0 Å². The molecule has 0 aliphatic carbocycles. The predicted octanol–water partition coefficient (Wildman–Crippen LogP) is 19.8. The molecule has 0 aliphatic rings. The van der Waals surface area contributed by atoms with Gasteiger partial charge in [0, 0.05) is 19.3 Å². The first-order chi connectivity index (χ1) is 36.0. The zero-order valence-electron chi connectivity index (χ0n) is 46.6. The number of hydrogen-bond donors (Lipinski definition) is 0. The Balaban J connectivity index is 4.54. The minimum absolute atomic E-state index is 0.115. The fraction of sp³-hybridized carbons (Fsp3) is 0.567. The standard InChI is InChI=1S/C67H104O6/c1-4-7-10-13-16-19-22-25-27-29-31-33-35-37-39-42-45-48-51-54-57-60-66(69)72-63-64(62-71-65(68)59-56-53-50-47-44-41-24-21-18-15-12-9-6-3)73-67(70)61-58-55-52-49-46-43-40-38-36-34-32-30-28-26-23-20-17-14-11-8-5-2/h7-8,10-12,15-17,19-21,24-28,31-34,37-40,45,48,64H,4-6,9,13-14,18,22-23,29-30,35-36,41-44,46-47,49-63H2,1-3H3/b10-7-,11-8-,15-12-,19-16-,20-17-,24-21-,27-25-,28-26-,33-31-,34-32-,39-37-,40-38-,48-45-. The Labute approximate surface area is 448 Å². The van der Waals surface area contributed by atoms with E-state index in [-0.39, 0.29) is 44.0 Å². The molecule has 6 nitrogen and oxygen atoms in total. The fourth-order valence-electron chi connectivity index (χ4n) is 7.21. The van der Waals surface area contributed by atoms with Crippen LogP contribution in [0.4, 0.5) is 0 Å². The Hall–Kier alpha value is -4.97. The molecule has 0 rings (SSSR count). The van der Waals surface area contributed by atoms with Gasteiger partial charge in [0.25, 0.3) is 0 Å². The number of carbonyl (C=O) groups is 3. The molecule has 0 N–H and O–H groups in total. The van der Waals surface area contributed by atoms with E-state index in [9.17, 15) is 14.4 Å². The quantitative estimate of drug-likeness (QED) is 0.0261. The van der Waals surface area contributed by atoms with Crippen molar-refractivity contribution in [1.82, 2.24) is 0 Å². The lowest BCUT2D eigenvalue weighted by Crippen LogP contribution is -2.30. The van der Waals surface area contributed by atoms with Crippen LogP contribution in [0.25, 0.3) is 0 Å². The SMILES string of the molecule is CC/C=C\C/C=C\C/C=C\C/C=C\C/C=C\C/C=C\CCCCC(=O)OCC(COC(=O)CCCCCCC/C=C\C/C=C\CCC)OC(=O)CCCCCCC/C=C\C/C=C\C/C=C\C/C=C\C/C=C\CC. The van der Waals surface area contributed by atoms with E-state index < -0.39 is 6.10 Å². The number of carbonyl (C=O) groups excluding carboxylic acids is 3. The van der Waals surface area contributed by atoms with Crippen LogP contribution in [0.1, 0.15) is 226 Å². The number of esters is 3. The summed E-state index contributed by atoms with van der Waals surface area (Å²) in [5, 5.41) is 0. The molecule has 0 bridgehead atoms. The molecule has 0 heterocycles. The third-order valence-electron chi connectivity index (χ3n) is 11.5. The first-order valence-electron chi connectivity index (χ1n) is 29.0. The van der Waals surface area contributed by atoms with Crippen molar-refractivity contribution >= 4 is 17.9 Å². The number of unbranched alkanes of at least 4 members (excludes halogenated alkanes) is 13. The highest BCUT2D eigenvalue weighted by atomic mass is 16.6. The highest BCUT2D eigenvalue weighted by Gasteiger charge is 2.19. The first-order valence-corrected chi connectivity index (χ1v) is 29.0. The number of hydrogen-bond acceptors (Lipinski definition) is 6. The number of rotatable bonds is 50. The third kappa shape index (κ3) is 57.8. The molecular weight excluding hydrogens is 901 g/mol. The summed E-state index contributed by atoms with van der Waals surface area (Å²) in [5.74, 6) is -1.00. The van der Waals surface area contributed by atoms with Gasteiger partial charge < -0.3 is 14.2 Å². The number of ether oxygens (including phenoxy) is 3. The molecule has 0 amide bonds. The molecule has 0 spiro atoms. The fourth-order valence-corrected chi connectivity index (χ4v) is 7.21. The van der Waals surface area contributed by atoms with Gasteiger partial charge in [-0.3, -0.25) is 14.4 Å². The van der Waals surface area contributed by atoms with Crippen LogP contribution in [-0.2, 0) is 28.6 Å². The molecule has 0 aromatic carbocycles. The van der Waals surface area contributed by atoms with E-state index in [1.54, 1.807) is 0 Å². The monoisotopic (exact) mass is 1000 g/mol. The molecule has 6 heteroatoms. The number of allylic oxidation sites excluding steroid dienone is 26.